The molecule has 1 aromatic heterocycles. The highest BCUT2D eigenvalue weighted by Crippen LogP contribution is 2.42. The number of aliphatic hydroxyl groups is 1. The fraction of sp³-hybridized carbons (Fsp3) is 0.333. The zero-order chi connectivity index (χ0) is 23.7. The summed E-state index contributed by atoms with van der Waals surface area (Å²) in [7, 11) is 0. The van der Waals surface area contributed by atoms with E-state index in [2.05, 4.69) is 5.16 Å². The van der Waals surface area contributed by atoms with E-state index in [1.807, 2.05) is 0 Å². The van der Waals surface area contributed by atoms with Crippen molar-refractivity contribution in [2.75, 3.05) is 0 Å². The van der Waals surface area contributed by atoms with Crippen LogP contribution in [0, 0.1) is 0 Å². The zero-order valence-corrected chi connectivity index (χ0v) is 18.0. The Bertz CT molecular complexity index is 1210. The molecule has 1 atom stereocenters. The molecule has 0 amide bonds. The molecular weight excluding hydrogens is 421 g/mol. The third-order valence-electron chi connectivity index (χ3n) is 5.79. The molecule has 0 fully saturated rings. The summed E-state index contributed by atoms with van der Waals surface area (Å²) in [6, 6.07) is 14.3. The van der Waals surface area contributed by atoms with E-state index in [0.717, 1.165) is 0 Å². The van der Waals surface area contributed by atoms with Crippen molar-refractivity contribution in [2.45, 2.75) is 50.9 Å². The number of hydrogen-bond donors (Lipinski definition) is 2. The lowest BCUT2D eigenvalue weighted by atomic mass is 9.74. The van der Waals surface area contributed by atoms with Gasteiger partial charge in [-0.2, -0.15) is 13.2 Å². The molecule has 2 aromatic carbocycles. The van der Waals surface area contributed by atoms with E-state index in [4.69, 9.17) is 5.21 Å². The number of oxime groups is 1. The molecule has 0 bridgehead atoms. The lowest BCUT2D eigenvalue weighted by Crippen LogP contribution is -2.52. The number of benzene rings is 2. The Kier molecular flexibility index (Phi) is 6.20. The van der Waals surface area contributed by atoms with Gasteiger partial charge >= 0.3 is 6.18 Å². The molecule has 5 nitrogen and oxygen atoms in total. The van der Waals surface area contributed by atoms with Gasteiger partial charge in [0.05, 0.1) is 17.8 Å². The second kappa shape index (κ2) is 8.43. The number of para-hydroxylation sites is 1. The number of hydrogen-bond acceptors (Lipinski definition) is 4. The Morgan fingerprint density at radius 3 is 2.41 bits per heavy atom. The smallest absolute Gasteiger partial charge is 0.411 e. The number of nitrogens with zero attached hydrogens (tertiary/aromatic N) is 2. The predicted molar refractivity (Wildman–Crippen MR) is 117 cm³/mol. The highest BCUT2D eigenvalue weighted by Gasteiger charge is 2.56. The minimum Gasteiger partial charge on any atom is -0.411 e. The molecule has 3 rings (SSSR count). The quantitative estimate of drug-likeness (QED) is 0.323. The van der Waals surface area contributed by atoms with Gasteiger partial charge in [0.15, 0.2) is 11.0 Å². The summed E-state index contributed by atoms with van der Waals surface area (Å²) in [4.78, 5) is 12.1. The SMILES string of the molecule is CC(=NO)c1cccc(C(C)(C)CC(O)(Cn2ccc(=O)c3ccccc32)C(F)(F)F)c1. The molecule has 0 saturated carbocycles. The zero-order valence-electron chi connectivity index (χ0n) is 18.0. The van der Waals surface area contributed by atoms with Crippen LogP contribution in [0.25, 0.3) is 10.9 Å². The number of alkyl halides is 3. The van der Waals surface area contributed by atoms with E-state index in [1.165, 1.54) is 16.8 Å². The minimum atomic E-state index is -4.92. The first-order chi connectivity index (χ1) is 14.9. The van der Waals surface area contributed by atoms with E-state index < -0.39 is 30.2 Å². The van der Waals surface area contributed by atoms with Crippen LogP contribution in [0.1, 0.15) is 38.3 Å². The van der Waals surface area contributed by atoms with Gasteiger partial charge < -0.3 is 14.9 Å². The monoisotopic (exact) mass is 446 g/mol. The summed E-state index contributed by atoms with van der Waals surface area (Å²) >= 11 is 0. The van der Waals surface area contributed by atoms with Crippen molar-refractivity contribution in [1.82, 2.24) is 4.57 Å². The van der Waals surface area contributed by atoms with E-state index in [9.17, 15) is 23.1 Å². The predicted octanol–water partition coefficient (Wildman–Crippen LogP) is 4.86. The normalized spacial score (nSPS) is 15.0. The van der Waals surface area contributed by atoms with Gasteiger partial charge in [0.25, 0.3) is 0 Å². The molecule has 0 aliphatic rings. The first-order valence-electron chi connectivity index (χ1n) is 10.0. The van der Waals surface area contributed by atoms with E-state index in [1.54, 1.807) is 69.3 Å². The molecule has 170 valence electrons. The summed E-state index contributed by atoms with van der Waals surface area (Å²) in [6.07, 6.45) is -4.27. The van der Waals surface area contributed by atoms with Crippen LogP contribution >= 0.6 is 0 Å². The Morgan fingerprint density at radius 2 is 1.75 bits per heavy atom. The molecule has 0 aliphatic heterocycles. The van der Waals surface area contributed by atoms with Gasteiger partial charge in [-0.1, -0.05) is 49.3 Å². The van der Waals surface area contributed by atoms with Crippen LogP contribution in [-0.2, 0) is 12.0 Å². The first kappa shape index (κ1) is 23.5. The van der Waals surface area contributed by atoms with Crippen molar-refractivity contribution in [3.8, 4) is 0 Å². The molecule has 0 radical (unpaired) electrons. The Balaban J connectivity index is 2.04. The maximum absolute atomic E-state index is 14.2. The Labute approximate surface area is 183 Å². The molecular formula is C24H25F3N2O3. The Morgan fingerprint density at radius 1 is 1.06 bits per heavy atom. The third kappa shape index (κ3) is 4.55. The van der Waals surface area contributed by atoms with E-state index in [-0.39, 0.29) is 10.8 Å². The lowest BCUT2D eigenvalue weighted by molar-refractivity contribution is -0.271. The van der Waals surface area contributed by atoms with Crippen LogP contribution in [0.2, 0.25) is 0 Å². The van der Waals surface area contributed by atoms with Crippen LogP contribution in [0.3, 0.4) is 0 Å². The van der Waals surface area contributed by atoms with Crippen molar-refractivity contribution in [2.24, 2.45) is 5.16 Å². The summed E-state index contributed by atoms with van der Waals surface area (Å²) in [5, 5.41) is 23.4. The van der Waals surface area contributed by atoms with Crippen molar-refractivity contribution in [3.05, 3.63) is 82.1 Å². The van der Waals surface area contributed by atoms with Gasteiger partial charge in [0.2, 0.25) is 0 Å². The van der Waals surface area contributed by atoms with E-state index >= 15 is 0 Å². The van der Waals surface area contributed by atoms with Gasteiger partial charge in [0.1, 0.15) is 0 Å². The highest BCUT2D eigenvalue weighted by atomic mass is 19.4. The molecule has 8 heteroatoms. The third-order valence-corrected chi connectivity index (χ3v) is 5.79. The number of fused-ring (bicyclic) bond motifs is 1. The molecule has 0 spiro atoms. The number of pyridine rings is 1. The van der Waals surface area contributed by atoms with Gasteiger partial charge in [0, 0.05) is 17.6 Å². The molecule has 2 N–H and O–H groups in total. The molecule has 0 aliphatic carbocycles. The second-order valence-electron chi connectivity index (χ2n) is 8.68. The topological polar surface area (TPSA) is 74.8 Å². The lowest BCUT2D eigenvalue weighted by Gasteiger charge is -2.38. The average molecular weight is 446 g/mol. The summed E-state index contributed by atoms with van der Waals surface area (Å²) in [5.74, 6) is 0. The summed E-state index contributed by atoms with van der Waals surface area (Å²) in [6.45, 7) is 4.06. The van der Waals surface area contributed by atoms with E-state index in [0.29, 0.717) is 22.4 Å². The molecule has 1 unspecified atom stereocenters. The van der Waals surface area contributed by atoms with Crippen molar-refractivity contribution in [3.63, 3.8) is 0 Å². The van der Waals surface area contributed by atoms with Gasteiger partial charge in [-0.15, -0.1) is 0 Å². The number of aromatic nitrogens is 1. The number of rotatable bonds is 6. The van der Waals surface area contributed by atoms with Crippen LogP contribution in [0.4, 0.5) is 13.2 Å². The van der Waals surface area contributed by atoms with Crippen LogP contribution in [-0.4, -0.2) is 32.4 Å². The Hall–Kier alpha value is -3.13. The molecule has 0 saturated heterocycles. The maximum Gasteiger partial charge on any atom is 0.418 e. The fourth-order valence-corrected chi connectivity index (χ4v) is 3.98. The van der Waals surface area contributed by atoms with Crippen LogP contribution in [0.5, 0.6) is 0 Å². The molecule has 1 heterocycles. The first-order valence-corrected chi connectivity index (χ1v) is 10.0. The standard InChI is InChI=1S/C24H25F3N2O3/c1-16(28-32)17-7-6-8-18(13-17)22(2,3)14-23(31,24(25,26)27)15-29-12-11-21(30)19-9-4-5-10-20(19)29/h4-13,31-32H,14-15H2,1-3H3. The fourth-order valence-electron chi connectivity index (χ4n) is 3.98. The maximum atomic E-state index is 14.2. The summed E-state index contributed by atoms with van der Waals surface area (Å²) < 4.78 is 43.9. The minimum absolute atomic E-state index is 0.283. The van der Waals surface area contributed by atoms with Crippen LogP contribution in [0.15, 0.2) is 70.7 Å². The van der Waals surface area contributed by atoms with Crippen molar-refractivity contribution < 1.29 is 23.5 Å². The van der Waals surface area contributed by atoms with Gasteiger partial charge in [-0.25, -0.2) is 0 Å². The van der Waals surface area contributed by atoms with Gasteiger partial charge in [-0.3, -0.25) is 4.79 Å². The molecule has 3 aromatic rings. The van der Waals surface area contributed by atoms with Crippen molar-refractivity contribution in [1.29, 1.82) is 0 Å². The molecule has 32 heavy (non-hydrogen) atoms. The van der Waals surface area contributed by atoms with Gasteiger partial charge in [-0.05, 0) is 48.1 Å². The largest absolute Gasteiger partial charge is 0.418 e. The average Bonchev–Trinajstić information content (AvgIpc) is 2.74. The number of halogens is 3. The van der Waals surface area contributed by atoms with Crippen molar-refractivity contribution >= 4 is 16.6 Å². The van der Waals surface area contributed by atoms with Crippen LogP contribution < -0.4 is 5.43 Å². The highest BCUT2D eigenvalue weighted by molar-refractivity contribution is 5.98. The second-order valence-corrected chi connectivity index (χ2v) is 8.68. The summed E-state index contributed by atoms with van der Waals surface area (Å²) in [5.41, 5.74) is -2.67.